The molecule has 3 unspecified atom stereocenters. The molecule has 3 aliphatic rings. The Hall–Kier alpha value is -2.61. The van der Waals surface area contributed by atoms with Crippen LogP contribution in [0.2, 0.25) is 0 Å². The number of likely N-dealkylation sites (tertiary alicyclic amines) is 1. The van der Waals surface area contributed by atoms with E-state index in [2.05, 4.69) is 0 Å². The van der Waals surface area contributed by atoms with Gasteiger partial charge in [-0.05, 0) is 58.0 Å². The third-order valence-electron chi connectivity index (χ3n) is 5.40. The summed E-state index contributed by atoms with van der Waals surface area (Å²) in [4.78, 5) is 40.0. The van der Waals surface area contributed by atoms with Gasteiger partial charge >= 0.3 is 12.1 Å². The molecule has 1 aliphatic carbocycles. The van der Waals surface area contributed by atoms with Crippen molar-refractivity contribution in [1.82, 2.24) is 4.90 Å². The van der Waals surface area contributed by atoms with Gasteiger partial charge in [-0.15, -0.1) is 11.3 Å². The van der Waals surface area contributed by atoms with E-state index >= 15 is 0 Å². The van der Waals surface area contributed by atoms with Crippen LogP contribution in [0, 0.1) is 5.92 Å². The minimum Gasteiger partial charge on any atom is -0.458 e. The minimum absolute atomic E-state index is 0.208. The van der Waals surface area contributed by atoms with Gasteiger partial charge in [-0.1, -0.05) is 0 Å². The van der Waals surface area contributed by atoms with E-state index < -0.39 is 35.9 Å². The molecule has 2 amide bonds. The first kappa shape index (κ1) is 19.7. The summed E-state index contributed by atoms with van der Waals surface area (Å²) in [7, 11) is 0. The lowest BCUT2D eigenvalue weighted by molar-refractivity contribution is -0.153. The maximum atomic E-state index is 13.2. The van der Waals surface area contributed by atoms with Crippen LogP contribution in [0.15, 0.2) is 34.4 Å². The van der Waals surface area contributed by atoms with Gasteiger partial charge in [0.2, 0.25) is 0 Å². The Morgan fingerprint density at radius 3 is 2.66 bits per heavy atom. The number of esters is 1. The lowest BCUT2D eigenvalue weighted by Crippen LogP contribution is -2.39. The lowest BCUT2D eigenvalue weighted by atomic mass is 9.97. The first-order valence-electron chi connectivity index (χ1n) is 9.45. The minimum atomic E-state index is -0.854. The second-order valence-electron chi connectivity index (χ2n) is 8.46. The summed E-state index contributed by atoms with van der Waals surface area (Å²) in [6.45, 7) is 8.71. The van der Waals surface area contributed by atoms with E-state index in [4.69, 9.17) is 14.2 Å². The summed E-state index contributed by atoms with van der Waals surface area (Å²) < 4.78 is 16.3. The van der Waals surface area contributed by atoms with Crippen molar-refractivity contribution in [3.63, 3.8) is 0 Å². The largest absolute Gasteiger partial charge is 0.458 e. The molecule has 1 fully saturated rings. The molecule has 3 heterocycles. The van der Waals surface area contributed by atoms with Gasteiger partial charge in [-0.25, -0.2) is 14.5 Å². The van der Waals surface area contributed by atoms with Gasteiger partial charge in [0, 0.05) is 21.9 Å². The van der Waals surface area contributed by atoms with Crippen molar-refractivity contribution >= 4 is 29.3 Å². The number of carbonyl (C=O) groups is 3. The number of nitrogens with zero attached hydrogens (tertiary/aromatic N) is 1. The normalized spacial score (nSPS) is 27.4. The maximum absolute atomic E-state index is 13.2. The summed E-state index contributed by atoms with van der Waals surface area (Å²) in [6, 6.07) is 1.55. The van der Waals surface area contributed by atoms with E-state index in [0.29, 0.717) is 23.1 Å². The molecule has 0 N–H and O–H groups in total. The monoisotopic (exact) mass is 417 g/mol. The molecule has 8 heteroatoms. The number of cyclic esters (lactones) is 1. The highest BCUT2D eigenvalue weighted by atomic mass is 32.1. The number of thiophene rings is 1. The number of rotatable bonds is 2. The van der Waals surface area contributed by atoms with Gasteiger partial charge in [-0.3, -0.25) is 4.79 Å². The number of carbonyl (C=O) groups excluding carboxylic acids is 3. The van der Waals surface area contributed by atoms with Gasteiger partial charge in [-0.2, -0.15) is 0 Å². The Morgan fingerprint density at radius 2 is 2.03 bits per heavy atom. The molecule has 2 aliphatic heterocycles. The van der Waals surface area contributed by atoms with Crippen LogP contribution in [0.4, 0.5) is 4.79 Å². The second-order valence-corrected chi connectivity index (χ2v) is 9.47. The summed E-state index contributed by atoms with van der Waals surface area (Å²) in [5.41, 5.74) is 1.81. The van der Waals surface area contributed by atoms with E-state index in [1.54, 1.807) is 46.0 Å². The smallest absolute Gasteiger partial charge is 0.417 e. The van der Waals surface area contributed by atoms with Gasteiger partial charge in [0.05, 0.1) is 17.9 Å². The number of hydrogen-bond donors (Lipinski definition) is 0. The Morgan fingerprint density at radius 1 is 1.31 bits per heavy atom. The number of amides is 2. The first-order chi connectivity index (χ1) is 13.6. The molecule has 0 spiro atoms. The molecule has 3 atom stereocenters. The fourth-order valence-corrected chi connectivity index (χ4v) is 4.83. The van der Waals surface area contributed by atoms with Crippen molar-refractivity contribution in [2.75, 3.05) is 0 Å². The van der Waals surface area contributed by atoms with Crippen LogP contribution >= 0.6 is 11.3 Å². The Labute approximate surface area is 172 Å². The molecule has 7 nitrogen and oxygen atoms in total. The summed E-state index contributed by atoms with van der Waals surface area (Å²) in [5.74, 6) is -1.08. The molecule has 29 heavy (non-hydrogen) atoms. The van der Waals surface area contributed by atoms with Crippen molar-refractivity contribution < 1.29 is 28.6 Å². The highest BCUT2D eigenvalue weighted by Crippen LogP contribution is 2.51. The van der Waals surface area contributed by atoms with Crippen LogP contribution in [0.3, 0.4) is 0 Å². The SMILES string of the molecule is CC1=C(C)C(O/C=C2/C(=O)N(C(=O)OC(C)(C)C)C3c4ccsc4CC23)OC1=O. The third kappa shape index (κ3) is 3.25. The molecule has 1 saturated heterocycles. The zero-order valence-electron chi connectivity index (χ0n) is 17.0. The molecular formula is C21H23NO6S. The van der Waals surface area contributed by atoms with E-state index in [1.165, 1.54) is 11.2 Å². The Bertz CT molecular complexity index is 966. The topological polar surface area (TPSA) is 82.1 Å². The van der Waals surface area contributed by atoms with Gasteiger partial charge in [0.15, 0.2) is 0 Å². The fraction of sp³-hybridized carbons (Fsp3) is 0.476. The van der Waals surface area contributed by atoms with E-state index in [0.717, 1.165) is 10.4 Å². The molecule has 0 bridgehead atoms. The van der Waals surface area contributed by atoms with Crippen molar-refractivity contribution in [3.8, 4) is 0 Å². The average molecular weight is 417 g/mol. The highest BCUT2D eigenvalue weighted by Gasteiger charge is 2.53. The quantitative estimate of drug-likeness (QED) is 0.413. The van der Waals surface area contributed by atoms with Gasteiger partial charge in [0.1, 0.15) is 5.60 Å². The van der Waals surface area contributed by atoms with Crippen LogP contribution in [0.5, 0.6) is 0 Å². The molecule has 4 rings (SSSR count). The highest BCUT2D eigenvalue weighted by molar-refractivity contribution is 7.10. The molecule has 154 valence electrons. The number of imide groups is 1. The summed E-state index contributed by atoms with van der Waals surface area (Å²) in [6.07, 6.45) is 0.475. The van der Waals surface area contributed by atoms with Crippen molar-refractivity contribution in [2.24, 2.45) is 5.92 Å². The van der Waals surface area contributed by atoms with Crippen LogP contribution in [0.25, 0.3) is 0 Å². The first-order valence-corrected chi connectivity index (χ1v) is 10.3. The molecule has 0 saturated carbocycles. The molecule has 1 aromatic heterocycles. The molecular weight excluding hydrogens is 394 g/mol. The van der Waals surface area contributed by atoms with E-state index in [9.17, 15) is 14.4 Å². The molecule has 0 aromatic carbocycles. The standard InChI is InChI=1S/C21H23NO6S/c1-10-11(2)19(27-18(10)24)26-9-14-13-8-15-12(6-7-29-15)16(13)22(17(14)23)20(25)28-21(3,4)5/h6-7,9,13,16,19H,8H2,1-5H3/b14-9+. The number of fused-ring (bicyclic) bond motifs is 3. The van der Waals surface area contributed by atoms with Crippen LogP contribution < -0.4 is 0 Å². The van der Waals surface area contributed by atoms with E-state index in [1.807, 2.05) is 11.4 Å². The third-order valence-corrected chi connectivity index (χ3v) is 6.36. The lowest BCUT2D eigenvalue weighted by Gasteiger charge is -2.26. The zero-order chi connectivity index (χ0) is 21.1. The number of ether oxygens (including phenoxy) is 3. The molecule has 0 radical (unpaired) electrons. The maximum Gasteiger partial charge on any atom is 0.417 e. The van der Waals surface area contributed by atoms with Gasteiger partial charge in [0.25, 0.3) is 12.2 Å². The second kappa shape index (κ2) is 6.73. The van der Waals surface area contributed by atoms with Gasteiger partial charge < -0.3 is 14.2 Å². The average Bonchev–Trinajstić information content (AvgIpc) is 3.31. The summed E-state index contributed by atoms with van der Waals surface area (Å²) >= 11 is 1.61. The van der Waals surface area contributed by atoms with Crippen molar-refractivity contribution in [2.45, 2.75) is 59.0 Å². The molecule has 1 aromatic rings. The van der Waals surface area contributed by atoms with Crippen LogP contribution in [-0.2, 0) is 30.2 Å². The fourth-order valence-electron chi connectivity index (χ4n) is 3.85. The number of hydrogen-bond acceptors (Lipinski definition) is 7. The predicted octanol–water partition coefficient (Wildman–Crippen LogP) is 3.86. The Balaban J connectivity index is 1.64. The summed E-state index contributed by atoms with van der Waals surface area (Å²) in [5, 5.41) is 1.96. The van der Waals surface area contributed by atoms with Crippen molar-refractivity contribution in [1.29, 1.82) is 0 Å². The van der Waals surface area contributed by atoms with Crippen molar-refractivity contribution in [3.05, 3.63) is 44.9 Å². The van der Waals surface area contributed by atoms with Crippen LogP contribution in [0.1, 0.15) is 51.1 Å². The van der Waals surface area contributed by atoms with Crippen LogP contribution in [-0.4, -0.2) is 34.8 Å². The predicted molar refractivity (Wildman–Crippen MR) is 105 cm³/mol. The Kier molecular flexibility index (Phi) is 4.57. The van der Waals surface area contributed by atoms with E-state index in [-0.39, 0.29) is 5.92 Å². The zero-order valence-corrected chi connectivity index (χ0v) is 17.8.